The highest BCUT2D eigenvalue weighted by molar-refractivity contribution is 4.99. The molecule has 0 radical (unpaired) electrons. The van der Waals surface area contributed by atoms with Crippen molar-refractivity contribution in [2.24, 2.45) is 5.73 Å². The third-order valence-corrected chi connectivity index (χ3v) is 3.44. The molecule has 2 fully saturated rings. The first-order valence-corrected chi connectivity index (χ1v) is 5.10. The summed E-state index contributed by atoms with van der Waals surface area (Å²) in [5.41, 5.74) is 5.25. The molecule has 0 aromatic heterocycles. The van der Waals surface area contributed by atoms with Gasteiger partial charge in [-0.3, -0.25) is 0 Å². The van der Waals surface area contributed by atoms with Crippen LogP contribution >= 0.6 is 0 Å². The van der Waals surface area contributed by atoms with Gasteiger partial charge >= 0.3 is 0 Å². The maximum absolute atomic E-state index is 13.5. The lowest BCUT2D eigenvalue weighted by atomic mass is 9.78. The van der Waals surface area contributed by atoms with Gasteiger partial charge in [-0.25, -0.2) is 4.39 Å². The summed E-state index contributed by atoms with van der Waals surface area (Å²) in [5, 5.41) is 0. The Morgan fingerprint density at radius 3 is 2.17 bits per heavy atom. The standard InChI is InChI=1S/C10H18FN/c11-9(3-1-4-9)5-2-6-10(12)7-8-10/h1-8,12H2. The lowest BCUT2D eigenvalue weighted by Gasteiger charge is -2.34. The molecule has 70 valence electrons. The Labute approximate surface area is 73.5 Å². The molecule has 0 heterocycles. The quantitative estimate of drug-likeness (QED) is 0.691. The highest BCUT2D eigenvalue weighted by Gasteiger charge is 2.40. The molecule has 0 bridgehead atoms. The molecule has 2 saturated carbocycles. The second kappa shape index (κ2) is 2.69. The highest BCUT2D eigenvalue weighted by atomic mass is 19.1. The number of alkyl halides is 1. The first kappa shape index (κ1) is 8.49. The minimum absolute atomic E-state index is 0.125. The van der Waals surface area contributed by atoms with E-state index in [0.29, 0.717) is 0 Å². The summed E-state index contributed by atoms with van der Waals surface area (Å²) in [5.74, 6) is 0. The lowest BCUT2D eigenvalue weighted by Crippen LogP contribution is -2.32. The molecule has 0 spiro atoms. The zero-order chi connectivity index (χ0) is 8.66. The first-order valence-electron chi connectivity index (χ1n) is 5.10. The van der Waals surface area contributed by atoms with Crippen molar-refractivity contribution < 1.29 is 4.39 Å². The highest BCUT2D eigenvalue weighted by Crippen LogP contribution is 2.42. The number of rotatable bonds is 4. The molecule has 0 atom stereocenters. The predicted molar refractivity (Wildman–Crippen MR) is 47.7 cm³/mol. The van der Waals surface area contributed by atoms with E-state index in [9.17, 15) is 4.39 Å². The van der Waals surface area contributed by atoms with Gasteiger partial charge in [-0.15, -0.1) is 0 Å². The average Bonchev–Trinajstić information content (AvgIpc) is 2.65. The van der Waals surface area contributed by atoms with Gasteiger partial charge in [0, 0.05) is 5.54 Å². The van der Waals surface area contributed by atoms with Gasteiger partial charge < -0.3 is 5.73 Å². The van der Waals surface area contributed by atoms with Crippen LogP contribution in [-0.2, 0) is 0 Å². The molecule has 2 aliphatic carbocycles. The van der Waals surface area contributed by atoms with E-state index in [1.54, 1.807) is 0 Å². The molecule has 0 aliphatic heterocycles. The van der Waals surface area contributed by atoms with Crippen molar-refractivity contribution in [2.45, 2.75) is 62.6 Å². The molecule has 0 aromatic carbocycles. The maximum atomic E-state index is 13.5. The van der Waals surface area contributed by atoms with Crippen LogP contribution in [0.4, 0.5) is 4.39 Å². The second-order valence-electron chi connectivity index (χ2n) is 4.72. The zero-order valence-corrected chi connectivity index (χ0v) is 7.61. The molecule has 2 rings (SSSR count). The van der Waals surface area contributed by atoms with Crippen LogP contribution < -0.4 is 5.73 Å². The summed E-state index contributed by atoms with van der Waals surface area (Å²) >= 11 is 0. The molecule has 0 aromatic rings. The minimum Gasteiger partial charge on any atom is -0.325 e. The average molecular weight is 171 g/mol. The SMILES string of the molecule is NC1(CCCC2(F)CCC2)CC1. The van der Waals surface area contributed by atoms with E-state index in [0.717, 1.165) is 51.4 Å². The fraction of sp³-hybridized carbons (Fsp3) is 1.00. The van der Waals surface area contributed by atoms with Crippen LogP contribution in [0, 0.1) is 0 Å². The van der Waals surface area contributed by atoms with E-state index >= 15 is 0 Å². The van der Waals surface area contributed by atoms with Gasteiger partial charge in [-0.05, 0) is 51.4 Å². The van der Waals surface area contributed by atoms with Crippen LogP contribution in [-0.4, -0.2) is 11.2 Å². The molecule has 2 heteroatoms. The van der Waals surface area contributed by atoms with Crippen LogP contribution in [0.5, 0.6) is 0 Å². The van der Waals surface area contributed by atoms with Crippen molar-refractivity contribution in [3.05, 3.63) is 0 Å². The van der Waals surface area contributed by atoms with Crippen LogP contribution in [0.15, 0.2) is 0 Å². The molecule has 0 saturated heterocycles. The van der Waals surface area contributed by atoms with Gasteiger partial charge in [0.05, 0.1) is 0 Å². The zero-order valence-electron chi connectivity index (χ0n) is 7.61. The van der Waals surface area contributed by atoms with Gasteiger partial charge in [0.15, 0.2) is 0 Å². The fourth-order valence-electron chi connectivity index (χ4n) is 1.98. The van der Waals surface area contributed by atoms with Gasteiger partial charge in [-0.2, -0.15) is 0 Å². The third-order valence-electron chi connectivity index (χ3n) is 3.44. The summed E-state index contributed by atoms with van der Waals surface area (Å²) in [6.45, 7) is 0. The van der Waals surface area contributed by atoms with Gasteiger partial charge in [0.2, 0.25) is 0 Å². The topological polar surface area (TPSA) is 26.0 Å². The van der Waals surface area contributed by atoms with Gasteiger partial charge in [0.1, 0.15) is 5.67 Å². The summed E-state index contributed by atoms with van der Waals surface area (Å²) in [6.07, 6.45) is 7.79. The van der Waals surface area contributed by atoms with Gasteiger partial charge in [-0.1, -0.05) is 0 Å². The Balaban J connectivity index is 1.62. The van der Waals surface area contributed by atoms with Crippen molar-refractivity contribution >= 4 is 0 Å². The molecule has 2 aliphatic rings. The molecule has 12 heavy (non-hydrogen) atoms. The normalized spacial score (nSPS) is 29.5. The Morgan fingerprint density at radius 1 is 1.08 bits per heavy atom. The van der Waals surface area contributed by atoms with Gasteiger partial charge in [0.25, 0.3) is 0 Å². The second-order valence-corrected chi connectivity index (χ2v) is 4.72. The Hall–Kier alpha value is -0.110. The van der Waals surface area contributed by atoms with E-state index in [1.165, 1.54) is 0 Å². The molecule has 0 amide bonds. The van der Waals surface area contributed by atoms with Crippen molar-refractivity contribution in [1.82, 2.24) is 0 Å². The number of hydrogen-bond acceptors (Lipinski definition) is 1. The third kappa shape index (κ3) is 1.79. The minimum atomic E-state index is -0.786. The van der Waals surface area contributed by atoms with Crippen molar-refractivity contribution in [2.75, 3.05) is 0 Å². The van der Waals surface area contributed by atoms with Crippen LogP contribution in [0.2, 0.25) is 0 Å². The van der Waals surface area contributed by atoms with E-state index in [2.05, 4.69) is 0 Å². The van der Waals surface area contributed by atoms with Crippen LogP contribution in [0.25, 0.3) is 0 Å². The van der Waals surface area contributed by atoms with Crippen molar-refractivity contribution in [3.63, 3.8) is 0 Å². The maximum Gasteiger partial charge on any atom is 0.111 e. The van der Waals surface area contributed by atoms with E-state index < -0.39 is 5.67 Å². The summed E-state index contributed by atoms with van der Waals surface area (Å²) in [7, 11) is 0. The smallest absolute Gasteiger partial charge is 0.111 e. The molecular formula is C10H18FN. The van der Waals surface area contributed by atoms with E-state index in [-0.39, 0.29) is 5.54 Å². The lowest BCUT2D eigenvalue weighted by molar-refractivity contribution is 0.0504. The number of nitrogens with two attached hydrogens (primary N) is 1. The predicted octanol–water partition coefficient (Wildman–Crippen LogP) is 2.54. The summed E-state index contributed by atoms with van der Waals surface area (Å²) in [6, 6.07) is 0. The molecular weight excluding hydrogens is 153 g/mol. The van der Waals surface area contributed by atoms with Crippen molar-refractivity contribution in [1.29, 1.82) is 0 Å². The summed E-state index contributed by atoms with van der Waals surface area (Å²) in [4.78, 5) is 0. The first-order chi connectivity index (χ1) is 5.62. The monoisotopic (exact) mass is 171 g/mol. The van der Waals surface area contributed by atoms with Crippen molar-refractivity contribution in [3.8, 4) is 0 Å². The molecule has 0 unspecified atom stereocenters. The molecule has 2 N–H and O–H groups in total. The summed E-state index contributed by atoms with van der Waals surface area (Å²) < 4.78 is 13.5. The number of hydrogen-bond donors (Lipinski definition) is 1. The van der Waals surface area contributed by atoms with E-state index in [1.807, 2.05) is 0 Å². The van der Waals surface area contributed by atoms with Crippen LogP contribution in [0.1, 0.15) is 51.4 Å². The number of halogens is 1. The Bertz CT molecular complexity index is 171. The Kier molecular flexibility index (Phi) is 1.90. The molecule has 1 nitrogen and oxygen atoms in total. The largest absolute Gasteiger partial charge is 0.325 e. The van der Waals surface area contributed by atoms with Crippen LogP contribution in [0.3, 0.4) is 0 Å². The fourth-order valence-corrected chi connectivity index (χ4v) is 1.98. The van der Waals surface area contributed by atoms with E-state index in [4.69, 9.17) is 5.73 Å². The Morgan fingerprint density at radius 2 is 1.75 bits per heavy atom.